The standard InChI is InChI=1S/C10H16N4O3/c1-7(3-4-9(15)16)11-10(17)12-8-5-6-14(2)13-8/h5-7H,3-4H2,1-2H3,(H,15,16)(H2,11,12,13,17). The molecule has 2 amide bonds. The van der Waals surface area contributed by atoms with E-state index >= 15 is 0 Å². The summed E-state index contributed by atoms with van der Waals surface area (Å²) in [4.78, 5) is 21.8. The van der Waals surface area contributed by atoms with Crippen molar-refractivity contribution in [1.29, 1.82) is 0 Å². The Morgan fingerprint density at radius 2 is 2.29 bits per heavy atom. The predicted molar refractivity (Wildman–Crippen MR) is 61.7 cm³/mol. The number of nitrogens with one attached hydrogen (secondary N) is 2. The van der Waals surface area contributed by atoms with Crippen LogP contribution in [0.4, 0.5) is 10.6 Å². The number of hydrogen-bond acceptors (Lipinski definition) is 3. The average Bonchev–Trinajstić information content (AvgIpc) is 2.60. The van der Waals surface area contributed by atoms with Gasteiger partial charge in [-0.15, -0.1) is 0 Å². The second-order valence-electron chi connectivity index (χ2n) is 3.81. The van der Waals surface area contributed by atoms with Crippen LogP contribution in [0.5, 0.6) is 0 Å². The van der Waals surface area contributed by atoms with E-state index in [1.54, 1.807) is 30.9 Å². The van der Waals surface area contributed by atoms with Gasteiger partial charge in [-0.1, -0.05) is 0 Å². The van der Waals surface area contributed by atoms with Gasteiger partial charge in [-0.05, 0) is 13.3 Å². The van der Waals surface area contributed by atoms with Gasteiger partial charge in [0.1, 0.15) is 0 Å². The molecule has 0 saturated heterocycles. The number of anilines is 1. The third-order valence-electron chi connectivity index (χ3n) is 2.12. The lowest BCUT2D eigenvalue weighted by atomic mass is 10.2. The highest BCUT2D eigenvalue weighted by atomic mass is 16.4. The van der Waals surface area contributed by atoms with Crippen LogP contribution in [0.2, 0.25) is 0 Å². The number of amides is 2. The van der Waals surface area contributed by atoms with E-state index in [4.69, 9.17) is 5.11 Å². The fourth-order valence-electron chi connectivity index (χ4n) is 1.27. The van der Waals surface area contributed by atoms with Gasteiger partial charge in [0.15, 0.2) is 5.82 Å². The Kier molecular flexibility index (Phi) is 4.50. The summed E-state index contributed by atoms with van der Waals surface area (Å²) in [5.74, 6) is -0.417. The number of hydrogen-bond donors (Lipinski definition) is 3. The van der Waals surface area contributed by atoms with Gasteiger partial charge in [0.05, 0.1) is 0 Å². The number of aliphatic carboxylic acids is 1. The normalized spacial score (nSPS) is 11.9. The second kappa shape index (κ2) is 5.88. The van der Waals surface area contributed by atoms with Gasteiger partial charge in [-0.2, -0.15) is 5.10 Å². The lowest BCUT2D eigenvalue weighted by molar-refractivity contribution is -0.137. The highest BCUT2D eigenvalue weighted by Crippen LogP contribution is 2.01. The minimum Gasteiger partial charge on any atom is -0.481 e. The molecular formula is C10H16N4O3. The van der Waals surface area contributed by atoms with Crippen LogP contribution < -0.4 is 10.6 Å². The molecule has 0 aliphatic rings. The van der Waals surface area contributed by atoms with Gasteiger partial charge in [0, 0.05) is 31.8 Å². The molecule has 7 nitrogen and oxygen atoms in total. The Morgan fingerprint density at radius 1 is 1.59 bits per heavy atom. The van der Waals surface area contributed by atoms with E-state index in [0.29, 0.717) is 12.2 Å². The van der Waals surface area contributed by atoms with Gasteiger partial charge in [-0.25, -0.2) is 4.79 Å². The van der Waals surface area contributed by atoms with Crippen molar-refractivity contribution in [1.82, 2.24) is 15.1 Å². The van der Waals surface area contributed by atoms with Crippen molar-refractivity contribution in [2.75, 3.05) is 5.32 Å². The number of aryl methyl sites for hydroxylation is 1. The first-order valence-electron chi connectivity index (χ1n) is 5.26. The minimum atomic E-state index is -0.871. The highest BCUT2D eigenvalue weighted by Gasteiger charge is 2.09. The van der Waals surface area contributed by atoms with Crippen molar-refractivity contribution in [3.63, 3.8) is 0 Å². The van der Waals surface area contributed by atoms with Crippen LogP contribution in [0.15, 0.2) is 12.3 Å². The smallest absolute Gasteiger partial charge is 0.320 e. The molecule has 1 heterocycles. The minimum absolute atomic E-state index is 0.0328. The molecule has 94 valence electrons. The molecule has 1 atom stereocenters. The molecule has 1 aromatic rings. The molecule has 0 aliphatic carbocycles. The van der Waals surface area contributed by atoms with E-state index in [-0.39, 0.29) is 18.5 Å². The molecule has 1 rings (SSSR count). The first kappa shape index (κ1) is 13.0. The van der Waals surface area contributed by atoms with E-state index in [0.717, 1.165) is 0 Å². The largest absolute Gasteiger partial charge is 0.481 e. The first-order chi connectivity index (χ1) is 7.97. The highest BCUT2D eigenvalue weighted by molar-refractivity contribution is 5.88. The Balaban J connectivity index is 2.31. The van der Waals surface area contributed by atoms with Crippen molar-refractivity contribution < 1.29 is 14.7 Å². The molecule has 0 fully saturated rings. The van der Waals surface area contributed by atoms with Crippen LogP contribution in [0.25, 0.3) is 0 Å². The van der Waals surface area contributed by atoms with Crippen molar-refractivity contribution in [2.24, 2.45) is 7.05 Å². The first-order valence-corrected chi connectivity index (χ1v) is 5.26. The molecule has 7 heteroatoms. The Labute approximate surface area is 98.8 Å². The van der Waals surface area contributed by atoms with Gasteiger partial charge >= 0.3 is 12.0 Å². The van der Waals surface area contributed by atoms with Crippen molar-refractivity contribution in [3.8, 4) is 0 Å². The van der Waals surface area contributed by atoms with Crippen LogP contribution in [-0.2, 0) is 11.8 Å². The molecule has 17 heavy (non-hydrogen) atoms. The number of rotatable bonds is 5. The van der Waals surface area contributed by atoms with Gasteiger partial charge in [0.25, 0.3) is 0 Å². The summed E-state index contributed by atoms with van der Waals surface area (Å²) in [6.07, 6.45) is 2.14. The van der Waals surface area contributed by atoms with E-state index in [9.17, 15) is 9.59 Å². The van der Waals surface area contributed by atoms with E-state index in [2.05, 4.69) is 15.7 Å². The number of carboxylic acids is 1. The van der Waals surface area contributed by atoms with Crippen LogP contribution in [0, 0.1) is 0 Å². The monoisotopic (exact) mass is 240 g/mol. The summed E-state index contributed by atoms with van der Waals surface area (Å²) in [6.45, 7) is 1.75. The summed E-state index contributed by atoms with van der Waals surface area (Å²) in [5.41, 5.74) is 0. The van der Waals surface area contributed by atoms with Crippen molar-refractivity contribution in [3.05, 3.63) is 12.3 Å². The van der Waals surface area contributed by atoms with Crippen LogP contribution in [0.1, 0.15) is 19.8 Å². The van der Waals surface area contributed by atoms with Crippen molar-refractivity contribution >= 4 is 17.8 Å². The van der Waals surface area contributed by atoms with E-state index in [1.165, 1.54) is 0 Å². The second-order valence-corrected chi connectivity index (χ2v) is 3.81. The zero-order chi connectivity index (χ0) is 12.8. The molecule has 1 aromatic heterocycles. The number of nitrogens with zero attached hydrogens (tertiary/aromatic N) is 2. The molecular weight excluding hydrogens is 224 g/mol. The average molecular weight is 240 g/mol. The fourth-order valence-corrected chi connectivity index (χ4v) is 1.27. The molecule has 0 aromatic carbocycles. The molecule has 0 spiro atoms. The summed E-state index contributed by atoms with van der Waals surface area (Å²) in [6, 6.07) is 1.08. The number of urea groups is 1. The van der Waals surface area contributed by atoms with Crippen LogP contribution in [0.3, 0.4) is 0 Å². The van der Waals surface area contributed by atoms with Crippen LogP contribution in [-0.4, -0.2) is 32.9 Å². The fraction of sp³-hybridized carbons (Fsp3) is 0.500. The summed E-state index contributed by atoms with van der Waals surface area (Å²) in [7, 11) is 1.75. The summed E-state index contributed by atoms with van der Waals surface area (Å²) >= 11 is 0. The summed E-state index contributed by atoms with van der Waals surface area (Å²) < 4.78 is 1.57. The lowest BCUT2D eigenvalue weighted by Gasteiger charge is -2.12. The zero-order valence-electron chi connectivity index (χ0n) is 9.80. The van der Waals surface area contributed by atoms with Gasteiger partial charge < -0.3 is 10.4 Å². The number of aromatic nitrogens is 2. The number of carbonyl (C=O) groups is 2. The third kappa shape index (κ3) is 5.01. The predicted octanol–water partition coefficient (Wildman–Crippen LogP) is 0.795. The number of carboxylic acid groups (broad SMARTS) is 1. The third-order valence-corrected chi connectivity index (χ3v) is 2.12. The lowest BCUT2D eigenvalue weighted by Crippen LogP contribution is -2.36. The topological polar surface area (TPSA) is 96.3 Å². The summed E-state index contributed by atoms with van der Waals surface area (Å²) in [5, 5.41) is 17.7. The maximum atomic E-state index is 11.5. The quantitative estimate of drug-likeness (QED) is 0.709. The van der Waals surface area contributed by atoms with E-state index < -0.39 is 5.97 Å². The maximum Gasteiger partial charge on any atom is 0.320 e. The number of carbonyl (C=O) groups excluding carboxylic acids is 1. The maximum absolute atomic E-state index is 11.5. The van der Waals surface area contributed by atoms with Crippen molar-refractivity contribution in [2.45, 2.75) is 25.8 Å². The Hall–Kier alpha value is -2.05. The molecule has 0 bridgehead atoms. The molecule has 0 aliphatic heterocycles. The SMILES string of the molecule is CC(CCC(=O)O)NC(=O)Nc1ccn(C)n1. The molecule has 3 N–H and O–H groups in total. The Bertz CT molecular complexity index is 402. The molecule has 0 radical (unpaired) electrons. The van der Waals surface area contributed by atoms with Crippen LogP contribution >= 0.6 is 0 Å². The van der Waals surface area contributed by atoms with Gasteiger partial charge in [-0.3, -0.25) is 14.8 Å². The zero-order valence-corrected chi connectivity index (χ0v) is 9.80. The van der Waals surface area contributed by atoms with Gasteiger partial charge in [0.2, 0.25) is 0 Å². The molecule has 0 saturated carbocycles. The molecule has 1 unspecified atom stereocenters. The van der Waals surface area contributed by atoms with E-state index in [1.807, 2.05) is 0 Å². The Morgan fingerprint density at radius 3 is 2.82 bits per heavy atom.